The summed E-state index contributed by atoms with van der Waals surface area (Å²) < 4.78 is 86.0. The summed E-state index contributed by atoms with van der Waals surface area (Å²) in [6.45, 7) is 9.95. The molecule has 79 heavy (non-hydrogen) atoms. The molecule has 0 aromatic heterocycles. The average molecular weight is 1150 g/mol. The summed E-state index contributed by atoms with van der Waals surface area (Å²) in [7, 11) is -2.53. The van der Waals surface area contributed by atoms with Gasteiger partial charge in [-0.3, -0.25) is 27.9 Å². The molecule has 0 bridgehead atoms. The van der Waals surface area contributed by atoms with E-state index in [0.29, 0.717) is 93.9 Å². The highest BCUT2D eigenvalue weighted by atomic mass is 33.1. The maximum absolute atomic E-state index is 14.5. The van der Waals surface area contributed by atoms with Crippen molar-refractivity contribution in [1.82, 2.24) is 0 Å². The van der Waals surface area contributed by atoms with Gasteiger partial charge < -0.3 is 29.3 Å². The maximum atomic E-state index is 14.5. The molecular weight excluding hydrogens is 1090 g/mol. The van der Waals surface area contributed by atoms with Gasteiger partial charge in [0.1, 0.15) is 30.0 Å². The Labute approximate surface area is 470 Å². The van der Waals surface area contributed by atoms with Gasteiger partial charge in [-0.2, -0.15) is 16.8 Å². The van der Waals surface area contributed by atoms with E-state index in [1.54, 1.807) is 67.8 Å². The number of para-hydroxylation sites is 2. The molecule has 420 valence electrons. The van der Waals surface area contributed by atoms with Crippen molar-refractivity contribution < 1.29 is 59.0 Å². The van der Waals surface area contributed by atoms with Crippen LogP contribution in [-0.2, 0) is 72.9 Å². The van der Waals surface area contributed by atoms with Gasteiger partial charge in [-0.15, -0.1) is 0 Å². The highest BCUT2D eigenvalue weighted by Crippen LogP contribution is 2.45. The third-order valence-corrected chi connectivity index (χ3v) is 21.8. The molecule has 0 saturated heterocycles. The van der Waals surface area contributed by atoms with Crippen LogP contribution in [0.3, 0.4) is 0 Å². The Morgan fingerprint density at radius 3 is 1.95 bits per heavy atom. The van der Waals surface area contributed by atoms with E-state index in [-0.39, 0.29) is 77.5 Å². The Morgan fingerprint density at radius 2 is 1.33 bits per heavy atom. The zero-order valence-corrected chi connectivity index (χ0v) is 48.7. The van der Waals surface area contributed by atoms with Gasteiger partial charge in [-0.25, -0.2) is 0 Å². The number of carbonyl (C=O) groups excluding carboxylic acids is 4. The molecule has 5 aromatic carbocycles. The standard InChI is InChI=1S/C59H67N3O13S4/c1-8-45(63)18-17-36(3)76-77-59(4,5)20-19-56(64)60-44-23-37(32-74-52-28-42-30-55(79(70,71)73-7)51-27-40-14-10-12-16-49(40)62(51)57(65)46(42)21-35(52)2)22-38(24-44)33-75-54-29-41-25-43(34-78(67,68)69)50-26-39-13-9-11-15-48(39)61(50)58(66)47(41)31-53(54)72-6/h9-16,21-24,28-29,31,36,43,50-51,55H,8,17-20,25-27,30,32-34H2,1-7H3,(H,60,64)(H,67,68,69)/t36?,43?,50-,51-,55?/m0/s1. The SMILES string of the molecule is CCC(=O)CCC(C)SSC(C)(C)CCC(=O)Nc1cc(COc2cc3c(cc2C)C(=O)N2c4ccccc4C[C@H]2C(S(=O)(=O)OC)C3)cc(COc2cc3c(cc2OC)C(=O)N2c4ccccc4C[C@H]2C(CS(=O)(=O)O)C3)c1. The molecule has 3 unspecified atom stereocenters. The molecule has 2 N–H and O–H groups in total. The molecular formula is C59H67N3O13S4. The minimum atomic E-state index is -4.44. The van der Waals surface area contributed by atoms with Crippen molar-refractivity contribution in [3.05, 3.63) is 141 Å². The smallest absolute Gasteiger partial charge is 0.272 e. The molecule has 0 spiro atoms. The number of nitrogens with zero attached hydrogens (tertiary/aromatic N) is 2. The first kappa shape index (κ1) is 57.8. The second-order valence-electron chi connectivity index (χ2n) is 21.5. The minimum absolute atomic E-state index is 0.00460. The van der Waals surface area contributed by atoms with Crippen LogP contribution in [0.4, 0.5) is 17.1 Å². The number of methoxy groups -OCH3 is 1. The molecule has 0 aliphatic carbocycles. The van der Waals surface area contributed by atoms with Crippen molar-refractivity contribution in [1.29, 1.82) is 0 Å². The number of anilines is 3. The molecule has 3 amide bonds. The fourth-order valence-corrected chi connectivity index (χ4v) is 16.0. The van der Waals surface area contributed by atoms with Crippen LogP contribution in [0.25, 0.3) is 0 Å². The van der Waals surface area contributed by atoms with Crippen LogP contribution >= 0.6 is 21.6 Å². The Kier molecular flexibility index (Phi) is 17.3. The summed E-state index contributed by atoms with van der Waals surface area (Å²) in [5.74, 6) is -0.810. The van der Waals surface area contributed by atoms with Gasteiger partial charge >= 0.3 is 0 Å². The third kappa shape index (κ3) is 13.0. The fourth-order valence-electron chi connectivity index (χ4n) is 11.2. The Hall–Kier alpha value is -5.90. The summed E-state index contributed by atoms with van der Waals surface area (Å²) in [5, 5.41) is 2.29. The monoisotopic (exact) mass is 1150 g/mol. The lowest BCUT2D eigenvalue weighted by Crippen LogP contribution is -2.47. The summed E-state index contributed by atoms with van der Waals surface area (Å²) in [5.41, 5.74) is 7.29. The summed E-state index contributed by atoms with van der Waals surface area (Å²) in [6, 6.07) is 25.9. The normalized spacial score (nSPS) is 19.0. The van der Waals surface area contributed by atoms with Crippen LogP contribution in [0, 0.1) is 12.8 Å². The zero-order valence-electron chi connectivity index (χ0n) is 45.4. The van der Waals surface area contributed by atoms with E-state index in [2.05, 4.69) is 26.1 Å². The summed E-state index contributed by atoms with van der Waals surface area (Å²) in [4.78, 5) is 57.9. The van der Waals surface area contributed by atoms with Gasteiger partial charge in [0.15, 0.2) is 11.5 Å². The predicted molar refractivity (Wildman–Crippen MR) is 309 cm³/mol. The van der Waals surface area contributed by atoms with Crippen molar-refractivity contribution in [3.8, 4) is 17.2 Å². The van der Waals surface area contributed by atoms with Gasteiger partial charge in [0, 0.05) is 69.4 Å². The highest BCUT2D eigenvalue weighted by molar-refractivity contribution is 8.77. The summed E-state index contributed by atoms with van der Waals surface area (Å²) >= 11 is 0. The lowest BCUT2D eigenvalue weighted by molar-refractivity contribution is -0.119. The number of carbonyl (C=O) groups is 4. The number of rotatable bonds is 22. The van der Waals surface area contributed by atoms with Gasteiger partial charge in [-0.1, -0.05) is 71.8 Å². The number of hydrogen-bond acceptors (Lipinski definition) is 14. The molecule has 9 rings (SSSR count). The molecule has 4 aliphatic rings. The lowest BCUT2D eigenvalue weighted by atomic mass is 9.91. The minimum Gasteiger partial charge on any atom is -0.493 e. The number of aryl methyl sites for hydroxylation is 1. The fraction of sp³-hybridized carbons (Fsp3) is 0.424. The molecule has 4 aliphatic heterocycles. The molecule has 0 fully saturated rings. The number of ether oxygens (including phenoxy) is 3. The molecule has 0 radical (unpaired) electrons. The Morgan fingerprint density at radius 1 is 0.747 bits per heavy atom. The molecule has 16 nitrogen and oxygen atoms in total. The van der Waals surface area contributed by atoms with Crippen LogP contribution < -0.4 is 29.3 Å². The molecule has 0 saturated carbocycles. The van der Waals surface area contributed by atoms with E-state index in [9.17, 15) is 40.6 Å². The lowest BCUT2D eigenvalue weighted by Gasteiger charge is -2.28. The van der Waals surface area contributed by atoms with Crippen molar-refractivity contribution in [3.63, 3.8) is 0 Å². The molecule has 5 atom stereocenters. The number of fused-ring (bicyclic) bond motifs is 8. The van der Waals surface area contributed by atoms with Crippen LogP contribution in [0.2, 0.25) is 0 Å². The number of nitrogens with one attached hydrogen (secondary N) is 1. The van der Waals surface area contributed by atoms with Crippen LogP contribution in [0.15, 0.2) is 91.0 Å². The van der Waals surface area contributed by atoms with E-state index in [1.807, 2.05) is 68.4 Å². The predicted octanol–water partition coefficient (Wildman–Crippen LogP) is 10.3. The van der Waals surface area contributed by atoms with Crippen LogP contribution in [-0.4, -0.2) is 92.2 Å². The quantitative estimate of drug-likeness (QED) is 0.0375. The first-order valence-electron chi connectivity index (χ1n) is 26.5. The van der Waals surface area contributed by atoms with Crippen molar-refractivity contribution in [2.24, 2.45) is 5.92 Å². The Balaban J connectivity index is 0.986. The number of Topliss-reactive ketones (excluding diaryl/α,β-unsaturated/α-hetero) is 1. The average Bonchev–Trinajstić information content (AvgIpc) is 3.98. The van der Waals surface area contributed by atoms with E-state index < -0.39 is 49.2 Å². The van der Waals surface area contributed by atoms with Crippen molar-refractivity contribution >= 4 is 82.4 Å². The van der Waals surface area contributed by atoms with E-state index in [4.69, 9.17) is 18.4 Å². The van der Waals surface area contributed by atoms with Crippen LogP contribution in [0.5, 0.6) is 17.2 Å². The molecule has 5 aromatic rings. The molecule has 4 heterocycles. The highest BCUT2D eigenvalue weighted by Gasteiger charge is 2.48. The second kappa shape index (κ2) is 23.7. The number of benzene rings is 5. The number of amides is 3. The molecule has 20 heteroatoms. The van der Waals surface area contributed by atoms with Crippen molar-refractivity contribution in [2.75, 3.05) is 35.1 Å². The van der Waals surface area contributed by atoms with E-state index in [0.717, 1.165) is 24.7 Å². The first-order chi connectivity index (χ1) is 37.5. The van der Waals surface area contributed by atoms with Gasteiger partial charge in [-0.05, 0) is 153 Å². The maximum Gasteiger partial charge on any atom is 0.272 e. The number of ketones is 1. The second-order valence-corrected chi connectivity index (χ2v) is 28.3. The Bertz CT molecular complexity index is 3420. The topological polar surface area (TPSA) is 212 Å². The summed E-state index contributed by atoms with van der Waals surface area (Å²) in [6.07, 6.45) is 3.60. The van der Waals surface area contributed by atoms with E-state index in [1.165, 1.54) is 7.11 Å². The van der Waals surface area contributed by atoms with E-state index >= 15 is 0 Å². The third-order valence-electron chi connectivity index (χ3n) is 15.4. The van der Waals surface area contributed by atoms with Crippen molar-refractivity contribution in [2.45, 2.75) is 133 Å². The largest absolute Gasteiger partial charge is 0.493 e. The first-order valence-corrected chi connectivity index (χ1v) is 31.8. The van der Waals surface area contributed by atoms with Gasteiger partial charge in [0.25, 0.3) is 32.1 Å². The number of hydrogen-bond donors (Lipinski definition) is 2. The van der Waals surface area contributed by atoms with Crippen LogP contribution in [0.1, 0.15) is 119 Å². The van der Waals surface area contributed by atoms with Gasteiger partial charge in [0.05, 0.1) is 26.0 Å². The zero-order chi connectivity index (χ0) is 56.6. The van der Waals surface area contributed by atoms with Gasteiger partial charge in [0.2, 0.25) is 5.91 Å².